The molecule has 6 nitrogen and oxygen atoms in total. The summed E-state index contributed by atoms with van der Waals surface area (Å²) in [6.45, 7) is 3.77. The van der Waals surface area contributed by atoms with Gasteiger partial charge in [-0.1, -0.05) is 65.2 Å². The molecule has 0 fully saturated rings. The van der Waals surface area contributed by atoms with E-state index in [-0.39, 0.29) is 47.1 Å². The van der Waals surface area contributed by atoms with Crippen LogP contribution in [0, 0.1) is 5.92 Å². The summed E-state index contributed by atoms with van der Waals surface area (Å²) >= 11 is 0. The molecule has 1 aliphatic heterocycles. The first-order valence-electron chi connectivity index (χ1n) is 9.95. The maximum absolute atomic E-state index is 11.3. The summed E-state index contributed by atoms with van der Waals surface area (Å²) < 4.78 is 0.00149. The molecule has 2 atom stereocenters. The van der Waals surface area contributed by atoms with Gasteiger partial charge < -0.3 is 15.0 Å². The zero-order valence-corrected chi connectivity index (χ0v) is 19.3. The van der Waals surface area contributed by atoms with Crippen molar-refractivity contribution in [3.05, 3.63) is 12.4 Å². The zero-order valence-electron chi connectivity index (χ0n) is 17.3. The summed E-state index contributed by atoms with van der Waals surface area (Å²) in [7, 11) is 0. The molecule has 1 heterocycles. The molecule has 0 spiro atoms. The summed E-state index contributed by atoms with van der Waals surface area (Å²) in [4.78, 5) is 26.8. The summed E-state index contributed by atoms with van der Waals surface area (Å²) in [5.74, 6) is -2.09. The van der Waals surface area contributed by atoms with Crippen molar-refractivity contribution in [1.82, 2.24) is 0 Å². The average molecular weight is 389 g/mol. The van der Waals surface area contributed by atoms with Gasteiger partial charge in [0.1, 0.15) is 6.20 Å². The topological polar surface area (TPSA) is 89.8 Å². The van der Waals surface area contributed by atoms with Crippen molar-refractivity contribution in [1.29, 1.82) is 0 Å². The molecule has 0 aromatic carbocycles. The van der Waals surface area contributed by atoms with Gasteiger partial charge in [-0.15, -0.1) is 0 Å². The molecule has 0 amide bonds. The molecule has 7 heteroatoms. The third-order valence-electron chi connectivity index (χ3n) is 5.01. The van der Waals surface area contributed by atoms with Crippen molar-refractivity contribution in [3.63, 3.8) is 0 Å². The number of rotatable bonds is 15. The Morgan fingerprint density at radius 2 is 1.67 bits per heavy atom. The van der Waals surface area contributed by atoms with E-state index in [0.29, 0.717) is 6.42 Å². The maximum atomic E-state index is 11.3. The number of aliphatic imine (C=N–C) groups is 1. The van der Waals surface area contributed by atoms with Crippen LogP contribution in [0.25, 0.3) is 0 Å². The molecule has 0 aliphatic carbocycles. The van der Waals surface area contributed by atoms with E-state index >= 15 is 0 Å². The zero-order chi connectivity index (χ0) is 19.4. The first-order chi connectivity index (χ1) is 12.4. The third-order valence-corrected chi connectivity index (χ3v) is 5.01. The van der Waals surface area contributed by atoms with Crippen LogP contribution in [-0.2, 0) is 9.59 Å². The van der Waals surface area contributed by atoms with E-state index < -0.39 is 17.9 Å². The molecule has 0 aromatic heterocycles. The van der Waals surface area contributed by atoms with Gasteiger partial charge in [-0.2, -0.15) is 0 Å². The number of carboxylic acids is 2. The van der Waals surface area contributed by atoms with Gasteiger partial charge in [0.15, 0.2) is 6.54 Å². The predicted octanol–water partition coefficient (Wildman–Crippen LogP) is 0.0820. The number of carbonyl (C=O) groups is 2. The summed E-state index contributed by atoms with van der Waals surface area (Å²) in [6, 6.07) is 0. The largest absolute Gasteiger partial charge is 1.00 e. The van der Waals surface area contributed by atoms with Crippen molar-refractivity contribution in [3.8, 4) is 0 Å². The Morgan fingerprint density at radius 3 is 2.19 bits per heavy atom. The van der Waals surface area contributed by atoms with Crippen molar-refractivity contribution in [2.24, 2.45) is 10.9 Å². The molecule has 0 bridgehead atoms. The van der Waals surface area contributed by atoms with Crippen LogP contribution in [0.3, 0.4) is 0 Å². The summed E-state index contributed by atoms with van der Waals surface area (Å²) in [5.41, 5.74) is 0. The Bertz CT molecular complexity index is 522. The van der Waals surface area contributed by atoms with Crippen LogP contribution in [0.1, 0.15) is 78.1 Å². The second kappa shape index (κ2) is 14.3. The molecular weight excluding hydrogens is 355 g/mol. The maximum Gasteiger partial charge on any atom is 1.00 e. The molecule has 148 valence electrons. The SMILES string of the molecule is CCCCCCCCCCCC1=NC=C[N+]1(CC(=O)O)CC(C)C(=O)[O-].[Na+]. The first-order valence-corrected chi connectivity index (χ1v) is 9.95. The van der Waals surface area contributed by atoms with Crippen LogP contribution in [0.2, 0.25) is 0 Å². The second-order valence-corrected chi connectivity index (χ2v) is 7.41. The Balaban J connectivity index is 0.00000676. The number of quaternary nitrogens is 1. The molecule has 0 aromatic rings. The number of amidine groups is 1. The van der Waals surface area contributed by atoms with Crippen molar-refractivity contribution in [2.45, 2.75) is 78.1 Å². The van der Waals surface area contributed by atoms with Crippen LogP contribution in [0.15, 0.2) is 17.4 Å². The van der Waals surface area contributed by atoms with Gasteiger partial charge in [0, 0.05) is 18.3 Å². The number of unbranched alkanes of at least 4 members (excludes halogenated alkanes) is 8. The van der Waals surface area contributed by atoms with Crippen molar-refractivity contribution in [2.75, 3.05) is 13.1 Å². The van der Waals surface area contributed by atoms with E-state index in [0.717, 1.165) is 18.7 Å². The number of carbonyl (C=O) groups excluding carboxylic acids is 1. The quantitative estimate of drug-likeness (QED) is 0.244. The minimum atomic E-state index is -1.16. The van der Waals surface area contributed by atoms with Gasteiger partial charge >= 0.3 is 35.5 Å². The molecule has 0 saturated heterocycles. The van der Waals surface area contributed by atoms with E-state index in [1.165, 1.54) is 44.9 Å². The molecule has 0 saturated carbocycles. The Kier molecular flexibility index (Phi) is 14.0. The molecule has 1 aliphatic rings. The van der Waals surface area contributed by atoms with Gasteiger partial charge in [0.25, 0.3) is 0 Å². The monoisotopic (exact) mass is 389 g/mol. The van der Waals surface area contributed by atoms with E-state index in [9.17, 15) is 19.8 Å². The Morgan fingerprint density at radius 1 is 1.11 bits per heavy atom. The molecule has 27 heavy (non-hydrogen) atoms. The van der Waals surface area contributed by atoms with E-state index in [1.807, 2.05) is 0 Å². The van der Waals surface area contributed by atoms with Crippen molar-refractivity contribution >= 4 is 17.8 Å². The average Bonchev–Trinajstić information content (AvgIpc) is 2.94. The van der Waals surface area contributed by atoms with E-state index in [2.05, 4.69) is 11.9 Å². The van der Waals surface area contributed by atoms with Crippen LogP contribution in [0.5, 0.6) is 0 Å². The van der Waals surface area contributed by atoms with Crippen molar-refractivity contribution < 1.29 is 53.8 Å². The number of carboxylic acid groups (broad SMARTS) is 2. The van der Waals surface area contributed by atoms with Crippen LogP contribution in [-0.4, -0.2) is 40.5 Å². The minimum absolute atomic E-state index is 0. The van der Waals surface area contributed by atoms with E-state index in [1.54, 1.807) is 19.3 Å². The van der Waals surface area contributed by atoms with Gasteiger partial charge in [-0.05, 0) is 6.42 Å². The fraction of sp³-hybridized carbons (Fsp3) is 0.750. The predicted molar refractivity (Wildman–Crippen MR) is 100 cm³/mol. The first kappa shape index (κ1) is 26.3. The van der Waals surface area contributed by atoms with Crippen LogP contribution < -0.4 is 34.7 Å². The van der Waals surface area contributed by atoms with E-state index in [4.69, 9.17) is 0 Å². The minimum Gasteiger partial charge on any atom is -0.550 e. The number of nitrogens with zero attached hydrogens (tertiary/aromatic N) is 2. The second-order valence-electron chi connectivity index (χ2n) is 7.41. The molecule has 1 N–H and O–H groups in total. The number of aliphatic carboxylic acids is 2. The third kappa shape index (κ3) is 9.88. The standard InChI is InChI=1S/C20H34N2O4.Na/c1-3-4-5-6-7-8-9-10-11-12-18-21-13-14-22(18,16-19(23)24)15-17(2)20(25)26;/h13-14,17H,3-12,15-16H2,1-2H3,(H-,23,24,25,26);/q;+1. The van der Waals surface area contributed by atoms with Gasteiger partial charge in [-0.25, -0.2) is 14.3 Å². The van der Waals surface area contributed by atoms with Crippen LogP contribution in [0.4, 0.5) is 0 Å². The van der Waals surface area contributed by atoms with Crippen LogP contribution >= 0.6 is 0 Å². The van der Waals surface area contributed by atoms with Gasteiger partial charge in [-0.3, -0.25) is 0 Å². The smallest absolute Gasteiger partial charge is 0.550 e. The Labute approximate surface area is 185 Å². The Hall–Kier alpha value is -0.690. The normalized spacial score (nSPS) is 19.4. The number of hydrogen-bond donors (Lipinski definition) is 1. The summed E-state index contributed by atoms with van der Waals surface area (Å²) in [6.07, 6.45) is 15.0. The molecular formula is C20H34N2NaO4+. The fourth-order valence-corrected chi connectivity index (χ4v) is 3.51. The molecule has 0 radical (unpaired) electrons. The fourth-order valence-electron chi connectivity index (χ4n) is 3.51. The summed E-state index contributed by atoms with van der Waals surface area (Å²) in [5, 5.41) is 20.4. The molecule has 2 unspecified atom stereocenters. The van der Waals surface area contributed by atoms with Gasteiger partial charge in [0.05, 0.1) is 12.7 Å². The number of hydrogen-bond acceptors (Lipinski definition) is 4. The van der Waals surface area contributed by atoms with Gasteiger partial charge in [0.2, 0.25) is 5.84 Å². The molecule has 1 rings (SSSR count).